The summed E-state index contributed by atoms with van der Waals surface area (Å²) in [6.07, 6.45) is 0.529. The molecule has 0 radical (unpaired) electrons. The quantitative estimate of drug-likeness (QED) is 0.413. The molecule has 2 aromatic rings. The van der Waals surface area contributed by atoms with Gasteiger partial charge in [0.05, 0.1) is 17.6 Å². The van der Waals surface area contributed by atoms with Crippen molar-refractivity contribution in [3.63, 3.8) is 0 Å². The van der Waals surface area contributed by atoms with Gasteiger partial charge in [-0.2, -0.15) is 0 Å². The SMILES string of the molecule is NC(CO)C(=O)NCCc1ccc2[nH]c(=O)c(=O)[nH]c2c1. The molecule has 1 unspecified atom stereocenters. The molecule has 21 heavy (non-hydrogen) atoms. The molecule has 0 aliphatic rings. The second-order valence-corrected chi connectivity index (χ2v) is 4.62. The molecule has 1 atom stereocenters. The van der Waals surface area contributed by atoms with Gasteiger partial charge in [-0.05, 0) is 24.1 Å². The highest BCUT2D eigenvalue weighted by molar-refractivity contribution is 5.81. The molecule has 8 heteroatoms. The standard InChI is InChI=1S/C13H16N4O4/c14-8(6-18)11(19)15-4-3-7-1-2-9-10(5-7)17-13(21)12(20)16-9/h1-2,5,8,18H,3-4,6,14H2,(H,15,19)(H,16,20)(H,17,21). The highest BCUT2D eigenvalue weighted by atomic mass is 16.3. The molecule has 6 N–H and O–H groups in total. The Labute approximate surface area is 119 Å². The topological polar surface area (TPSA) is 141 Å². The Balaban J connectivity index is 2.06. The van der Waals surface area contributed by atoms with Crippen LogP contribution in [0.2, 0.25) is 0 Å². The summed E-state index contributed by atoms with van der Waals surface area (Å²) in [6.45, 7) is -0.0535. The average Bonchev–Trinajstić information content (AvgIpc) is 2.47. The van der Waals surface area contributed by atoms with Gasteiger partial charge >= 0.3 is 11.1 Å². The van der Waals surface area contributed by atoms with E-state index in [4.69, 9.17) is 10.8 Å². The number of aromatic amines is 2. The van der Waals surface area contributed by atoms with Crippen LogP contribution in [0.4, 0.5) is 0 Å². The average molecular weight is 292 g/mol. The monoisotopic (exact) mass is 292 g/mol. The molecule has 0 saturated carbocycles. The van der Waals surface area contributed by atoms with Crippen molar-refractivity contribution in [1.82, 2.24) is 15.3 Å². The molecule has 1 aromatic carbocycles. The molecule has 0 saturated heterocycles. The van der Waals surface area contributed by atoms with Gasteiger partial charge in [0.1, 0.15) is 6.04 Å². The number of aromatic nitrogens is 2. The van der Waals surface area contributed by atoms with Crippen molar-refractivity contribution in [2.45, 2.75) is 12.5 Å². The van der Waals surface area contributed by atoms with E-state index in [1.54, 1.807) is 18.2 Å². The Hall–Kier alpha value is -2.45. The fourth-order valence-electron chi connectivity index (χ4n) is 1.86. The largest absolute Gasteiger partial charge is 0.394 e. The molecule has 2 rings (SSSR count). The number of nitrogens with two attached hydrogens (primary N) is 1. The zero-order valence-electron chi connectivity index (χ0n) is 11.2. The minimum atomic E-state index is -0.928. The predicted octanol–water partition coefficient (Wildman–Crippen LogP) is -1.81. The number of carbonyl (C=O) groups is 1. The van der Waals surface area contributed by atoms with Crippen molar-refractivity contribution < 1.29 is 9.90 Å². The molecule has 0 aliphatic carbocycles. The van der Waals surface area contributed by atoms with Crippen LogP contribution >= 0.6 is 0 Å². The minimum Gasteiger partial charge on any atom is -0.394 e. The smallest absolute Gasteiger partial charge is 0.314 e. The van der Waals surface area contributed by atoms with Crippen molar-refractivity contribution >= 4 is 16.9 Å². The van der Waals surface area contributed by atoms with Gasteiger partial charge in [-0.1, -0.05) is 6.07 Å². The number of H-pyrrole nitrogens is 2. The third kappa shape index (κ3) is 3.56. The van der Waals surface area contributed by atoms with E-state index in [1.165, 1.54) is 0 Å². The van der Waals surface area contributed by atoms with Crippen molar-refractivity contribution in [2.75, 3.05) is 13.2 Å². The Morgan fingerprint density at radius 3 is 2.57 bits per heavy atom. The van der Waals surface area contributed by atoms with Crippen molar-refractivity contribution in [1.29, 1.82) is 0 Å². The second kappa shape index (κ2) is 6.33. The van der Waals surface area contributed by atoms with Gasteiger partial charge < -0.3 is 26.1 Å². The normalized spacial score (nSPS) is 12.3. The van der Waals surface area contributed by atoms with Crippen molar-refractivity contribution in [2.24, 2.45) is 5.73 Å². The second-order valence-electron chi connectivity index (χ2n) is 4.62. The molecule has 0 fully saturated rings. The first-order valence-electron chi connectivity index (χ1n) is 6.40. The van der Waals surface area contributed by atoms with E-state index in [0.29, 0.717) is 24.0 Å². The fraction of sp³-hybridized carbons (Fsp3) is 0.308. The number of aliphatic hydroxyl groups excluding tert-OH is 1. The third-order valence-electron chi connectivity index (χ3n) is 3.03. The van der Waals surface area contributed by atoms with E-state index >= 15 is 0 Å². The zero-order valence-corrected chi connectivity index (χ0v) is 11.2. The van der Waals surface area contributed by atoms with Gasteiger partial charge in [0, 0.05) is 6.54 Å². The summed E-state index contributed by atoms with van der Waals surface area (Å²) in [7, 11) is 0. The van der Waals surface area contributed by atoms with Crippen LogP contribution in [-0.4, -0.2) is 40.2 Å². The van der Waals surface area contributed by atoms with Crippen LogP contribution in [0, 0.1) is 0 Å². The summed E-state index contributed by atoms with van der Waals surface area (Å²) in [5.74, 6) is -0.420. The lowest BCUT2D eigenvalue weighted by molar-refractivity contribution is -0.123. The van der Waals surface area contributed by atoms with Gasteiger partial charge in [-0.15, -0.1) is 0 Å². The molecule has 0 bridgehead atoms. The van der Waals surface area contributed by atoms with Gasteiger partial charge in [-0.3, -0.25) is 14.4 Å². The van der Waals surface area contributed by atoms with E-state index in [9.17, 15) is 14.4 Å². The first kappa shape index (κ1) is 14.9. The van der Waals surface area contributed by atoms with Gasteiger partial charge in [0.15, 0.2) is 0 Å². The third-order valence-corrected chi connectivity index (χ3v) is 3.03. The molecule has 0 spiro atoms. The zero-order chi connectivity index (χ0) is 15.4. The number of amides is 1. The number of benzene rings is 1. The summed E-state index contributed by atoms with van der Waals surface area (Å²) >= 11 is 0. The lowest BCUT2D eigenvalue weighted by atomic mass is 10.1. The molecule has 1 amide bonds. The van der Waals surface area contributed by atoms with E-state index in [0.717, 1.165) is 5.56 Å². The predicted molar refractivity (Wildman–Crippen MR) is 77.0 cm³/mol. The minimum absolute atomic E-state index is 0.353. The van der Waals surface area contributed by atoms with Gasteiger partial charge in [-0.25, -0.2) is 0 Å². The number of rotatable bonds is 5. The summed E-state index contributed by atoms with van der Waals surface area (Å²) in [5.41, 5.74) is 5.90. The molecule has 0 aliphatic heterocycles. The number of hydrogen-bond acceptors (Lipinski definition) is 5. The van der Waals surface area contributed by atoms with Crippen LogP contribution in [0.5, 0.6) is 0 Å². The maximum absolute atomic E-state index is 11.4. The van der Waals surface area contributed by atoms with Crippen LogP contribution < -0.4 is 22.2 Å². The van der Waals surface area contributed by atoms with Crippen molar-refractivity contribution in [3.05, 3.63) is 44.5 Å². The van der Waals surface area contributed by atoms with E-state index < -0.39 is 29.7 Å². The van der Waals surface area contributed by atoms with Gasteiger partial charge in [0.2, 0.25) is 5.91 Å². The number of carbonyl (C=O) groups excluding carboxylic acids is 1. The number of hydrogen-bond donors (Lipinski definition) is 5. The van der Waals surface area contributed by atoms with Crippen LogP contribution in [0.3, 0.4) is 0 Å². The van der Waals surface area contributed by atoms with E-state index in [-0.39, 0.29) is 0 Å². The molecule has 112 valence electrons. The van der Waals surface area contributed by atoms with E-state index in [2.05, 4.69) is 15.3 Å². The maximum atomic E-state index is 11.4. The maximum Gasteiger partial charge on any atom is 0.314 e. The van der Waals surface area contributed by atoms with Crippen LogP contribution in [-0.2, 0) is 11.2 Å². The number of nitrogens with one attached hydrogen (secondary N) is 3. The van der Waals surface area contributed by atoms with Gasteiger partial charge in [0.25, 0.3) is 0 Å². The molecular formula is C13H16N4O4. The van der Waals surface area contributed by atoms with E-state index in [1.807, 2.05) is 0 Å². The first-order valence-corrected chi connectivity index (χ1v) is 6.40. The highest BCUT2D eigenvalue weighted by Crippen LogP contribution is 2.09. The van der Waals surface area contributed by atoms with Crippen LogP contribution in [0.25, 0.3) is 11.0 Å². The lowest BCUT2D eigenvalue weighted by Crippen LogP contribution is -2.43. The van der Waals surface area contributed by atoms with Crippen LogP contribution in [0.1, 0.15) is 5.56 Å². The summed E-state index contributed by atoms with van der Waals surface area (Å²) in [5, 5.41) is 11.3. The number of fused-ring (bicyclic) bond motifs is 1. The number of aliphatic hydroxyl groups is 1. The Bertz CT molecular complexity index is 765. The first-order chi connectivity index (χ1) is 10.0. The lowest BCUT2D eigenvalue weighted by Gasteiger charge is -2.09. The van der Waals surface area contributed by atoms with Crippen molar-refractivity contribution in [3.8, 4) is 0 Å². The highest BCUT2D eigenvalue weighted by Gasteiger charge is 2.10. The van der Waals surface area contributed by atoms with Crippen LogP contribution in [0.15, 0.2) is 27.8 Å². The molecule has 1 heterocycles. The summed E-state index contributed by atoms with van der Waals surface area (Å²) in [6, 6.07) is 4.27. The Kier molecular flexibility index (Phi) is 4.51. The Morgan fingerprint density at radius 1 is 1.24 bits per heavy atom. The summed E-state index contributed by atoms with van der Waals surface area (Å²) < 4.78 is 0. The fourth-order valence-corrected chi connectivity index (χ4v) is 1.86. The Morgan fingerprint density at radius 2 is 1.90 bits per heavy atom. The molecule has 8 nitrogen and oxygen atoms in total. The summed E-state index contributed by atoms with van der Waals surface area (Å²) in [4.78, 5) is 38.8. The molecular weight excluding hydrogens is 276 g/mol. The molecule has 1 aromatic heterocycles.